The zero-order valence-corrected chi connectivity index (χ0v) is 13.9. The van der Waals surface area contributed by atoms with Gasteiger partial charge in [0.2, 0.25) is 0 Å². The van der Waals surface area contributed by atoms with Gasteiger partial charge in [0, 0.05) is 30.3 Å². The van der Waals surface area contributed by atoms with Gasteiger partial charge in [-0.2, -0.15) is 0 Å². The highest BCUT2D eigenvalue weighted by Crippen LogP contribution is 2.34. The zero-order chi connectivity index (χ0) is 16.2. The van der Waals surface area contributed by atoms with Gasteiger partial charge in [0.15, 0.2) is 0 Å². The Balaban J connectivity index is 1.95. The molecule has 1 aromatic carbocycles. The number of hydrogen-bond donors (Lipinski definition) is 2. The van der Waals surface area contributed by atoms with Gasteiger partial charge in [-0.15, -0.1) is 11.8 Å². The van der Waals surface area contributed by atoms with Crippen LogP contribution in [-0.4, -0.2) is 42.0 Å². The molecular formula is C16H23FN2O2S. The van der Waals surface area contributed by atoms with Crippen LogP contribution in [-0.2, 0) is 0 Å². The van der Waals surface area contributed by atoms with Gasteiger partial charge >= 0.3 is 6.03 Å². The number of nitrogens with zero attached hydrogens (tertiary/aromatic N) is 1. The van der Waals surface area contributed by atoms with Crippen LogP contribution in [0.2, 0.25) is 0 Å². The Morgan fingerprint density at radius 3 is 2.64 bits per heavy atom. The van der Waals surface area contributed by atoms with Crippen molar-refractivity contribution in [3.63, 3.8) is 0 Å². The van der Waals surface area contributed by atoms with Crippen LogP contribution in [0.5, 0.6) is 0 Å². The van der Waals surface area contributed by atoms with Crippen molar-refractivity contribution in [2.75, 3.05) is 31.3 Å². The number of rotatable bonds is 4. The normalized spacial score (nSPS) is 17.4. The lowest BCUT2D eigenvalue weighted by Gasteiger charge is -2.40. The van der Waals surface area contributed by atoms with E-state index in [0.29, 0.717) is 23.7 Å². The van der Waals surface area contributed by atoms with Crippen LogP contribution in [0, 0.1) is 11.2 Å². The van der Waals surface area contributed by atoms with Gasteiger partial charge in [-0.1, -0.05) is 6.92 Å². The third-order valence-electron chi connectivity index (χ3n) is 4.60. The molecule has 22 heavy (non-hydrogen) atoms. The maximum atomic E-state index is 13.7. The minimum absolute atomic E-state index is 0.0527. The highest BCUT2D eigenvalue weighted by atomic mass is 32.2. The number of hydrogen-bond acceptors (Lipinski definition) is 3. The van der Waals surface area contributed by atoms with E-state index in [4.69, 9.17) is 0 Å². The van der Waals surface area contributed by atoms with Gasteiger partial charge in [-0.25, -0.2) is 9.18 Å². The maximum Gasteiger partial charge on any atom is 0.321 e. The first kappa shape index (κ1) is 17.1. The summed E-state index contributed by atoms with van der Waals surface area (Å²) >= 11 is 1.33. The van der Waals surface area contributed by atoms with Crippen molar-refractivity contribution >= 4 is 23.5 Å². The molecule has 1 aliphatic rings. The number of thioether (sulfide) groups is 1. The first-order valence-electron chi connectivity index (χ1n) is 7.54. The second kappa shape index (κ2) is 7.33. The molecule has 122 valence electrons. The number of nitrogens with one attached hydrogen (secondary N) is 1. The lowest BCUT2D eigenvalue weighted by atomic mass is 9.77. The lowest BCUT2D eigenvalue weighted by Crippen LogP contribution is -2.46. The Hall–Kier alpha value is -1.27. The van der Waals surface area contributed by atoms with Gasteiger partial charge in [-0.05, 0) is 49.1 Å². The number of benzene rings is 1. The molecule has 0 bridgehead atoms. The first-order valence-corrected chi connectivity index (χ1v) is 8.76. The summed E-state index contributed by atoms with van der Waals surface area (Å²) in [5.74, 6) is -0.325. The number of piperidine rings is 1. The Kier molecular flexibility index (Phi) is 5.69. The highest BCUT2D eigenvalue weighted by Gasteiger charge is 2.33. The van der Waals surface area contributed by atoms with Crippen LogP contribution >= 0.6 is 11.8 Å². The van der Waals surface area contributed by atoms with E-state index >= 15 is 0 Å². The van der Waals surface area contributed by atoms with Crippen LogP contribution in [0.3, 0.4) is 0 Å². The predicted octanol–water partition coefficient (Wildman–Crippen LogP) is 3.56. The second-order valence-corrected chi connectivity index (χ2v) is 6.63. The van der Waals surface area contributed by atoms with Crippen LogP contribution in [0.25, 0.3) is 0 Å². The summed E-state index contributed by atoms with van der Waals surface area (Å²) < 4.78 is 13.7. The first-order chi connectivity index (χ1) is 10.5. The Morgan fingerprint density at radius 1 is 1.45 bits per heavy atom. The number of carbonyl (C=O) groups excluding carboxylic acids is 1. The molecule has 2 N–H and O–H groups in total. The number of urea groups is 1. The number of likely N-dealkylation sites (tertiary alicyclic amines) is 1. The molecule has 0 aromatic heterocycles. The largest absolute Gasteiger partial charge is 0.396 e. The van der Waals surface area contributed by atoms with Crippen molar-refractivity contribution < 1.29 is 14.3 Å². The standard InChI is InChI=1S/C16H23FN2O2S/c1-3-16(11-20)6-8-19(9-7-16)15(21)18-12-4-5-14(22-2)13(17)10-12/h4-5,10,20H,3,6-9,11H2,1-2H3,(H,18,21). The minimum atomic E-state index is -0.325. The average Bonchev–Trinajstić information content (AvgIpc) is 2.55. The van der Waals surface area contributed by atoms with Crippen LogP contribution in [0.1, 0.15) is 26.2 Å². The van der Waals surface area contributed by atoms with Gasteiger partial charge < -0.3 is 15.3 Å². The molecule has 1 aromatic rings. The number of halogens is 1. The summed E-state index contributed by atoms with van der Waals surface area (Å²) in [6.07, 6.45) is 4.33. The minimum Gasteiger partial charge on any atom is -0.396 e. The number of aliphatic hydroxyl groups excluding tert-OH is 1. The Labute approximate surface area is 135 Å². The fourth-order valence-corrected chi connectivity index (χ4v) is 3.21. The van der Waals surface area contributed by atoms with Crippen molar-refractivity contribution in [2.45, 2.75) is 31.1 Å². The fraction of sp³-hybridized carbons (Fsp3) is 0.562. The Morgan fingerprint density at radius 2 is 2.14 bits per heavy atom. The Bertz CT molecular complexity index is 525. The van der Waals surface area contributed by atoms with Gasteiger partial charge in [0.05, 0.1) is 0 Å². The van der Waals surface area contributed by atoms with Gasteiger partial charge in [0.25, 0.3) is 0 Å². The highest BCUT2D eigenvalue weighted by molar-refractivity contribution is 7.98. The summed E-state index contributed by atoms with van der Waals surface area (Å²) in [6.45, 7) is 3.47. The molecule has 1 saturated heterocycles. The zero-order valence-electron chi connectivity index (χ0n) is 13.1. The predicted molar refractivity (Wildman–Crippen MR) is 87.8 cm³/mol. The second-order valence-electron chi connectivity index (χ2n) is 5.78. The summed E-state index contributed by atoms with van der Waals surface area (Å²) in [4.78, 5) is 14.5. The van der Waals surface area contributed by atoms with E-state index in [1.54, 1.807) is 17.0 Å². The summed E-state index contributed by atoms with van der Waals surface area (Å²) in [5.41, 5.74) is 0.415. The molecule has 0 unspecified atom stereocenters. The van der Waals surface area contributed by atoms with E-state index in [0.717, 1.165) is 19.3 Å². The van der Waals surface area contributed by atoms with Crippen LogP contribution in [0.15, 0.2) is 23.1 Å². The molecule has 0 spiro atoms. The van der Waals surface area contributed by atoms with Crippen LogP contribution < -0.4 is 5.32 Å². The summed E-state index contributed by atoms with van der Waals surface area (Å²) in [5, 5.41) is 12.3. The molecule has 2 amide bonds. The monoisotopic (exact) mass is 326 g/mol. The number of anilines is 1. The molecule has 0 aliphatic carbocycles. The lowest BCUT2D eigenvalue weighted by molar-refractivity contribution is 0.0542. The summed E-state index contributed by atoms with van der Waals surface area (Å²) in [6, 6.07) is 4.51. The van der Waals surface area contributed by atoms with Gasteiger partial charge in [-0.3, -0.25) is 0 Å². The average molecular weight is 326 g/mol. The van der Waals surface area contributed by atoms with Crippen molar-refractivity contribution in [3.05, 3.63) is 24.0 Å². The quantitative estimate of drug-likeness (QED) is 0.832. The molecule has 0 saturated carbocycles. The third kappa shape index (κ3) is 3.73. The molecular weight excluding hydrogens is 303 g/mol. The van der Waals surface area contributed by atoms with Crippen molar-refractivity contribution in [1.29, 1.82) is 0 Å². The third-order valence-corrected chi connectivity index (χ3v) is 5.37. The van der Waals surface area contributed by atoms with E-state index in [1.165, 1.54) is 17.8 Å². The van der Waals surface area contributed by atoms with E-state index in [2.05, 4.69) is 12.2 Å². The van der Waals surface area contributed by atoms with Crippen LogP contribution in [0.4, 0.5) is 14.9 Å². The molecule has 1 aliphatic heterocycles. The SMILES string of the molecule is CCC1(CO)CCN(C(=O)Nc2ccc(SC)c(F)c2)CC1. The molecule has 6 heteroatoms. The molecule has 1 heterocycles. The molecule has 1 fully saturated rings. The van der Waals surface area contributed by atoms with E-state index in [1.807, 2.05) is 6.26 Å². The number of amides is 2. The van der Waals surface area contributed by atoms with Crippen molar-refractivity contribution in [1.82, 2.24) is 4.90 Å². The summed E-state index contributed by atoms with van der Waals surface area (Å²) in [7, 11) is 0. The van der Waals surface area contributed by atoms with Crippen molar-refractivity contribution in [3.8, 4) is 0 Å². The molecule has 0 radical (unpaired) electrons. The number of aliphatic hydroxyl groups is 1. The topological polar surface area (TPSA) is 52.6 Å². The molecule has 2 rings (SSSR count). The molecule has 4 nitrogen and oxygen atoms in total. The fourth-order valence-electron chi connectivity index (χ4n) is 2.75. The smallest absolute Gasteiger partial charge is 0.321 e. The maximum absolute atomic E-state index is 13.7. The van der Waals surface area contributed by atoms with E-state index in [9.17, 15) is 14.3 Å². The van der Waals surface area contributed by atoms with E-state index < -0.39 is 0 Å². The van der Waals surface area contributed by atoms with E-state index in [-0.39, 0.29) is 23.9 Å². The molecule has 0 atom stereocenters. The number of carbonyl (C=O) groups is 1. The van der Waals surface area contributed by atoms with Gasteiger partial charge in [0.1, 0.15) is 5.82 Å². The van der Waals surface area contributed by atoms with Crippen molar-refractivity contribution in [2.24, 2.45) is 5.41 Å².